The summed E-state index contributed by atoms with van der Waals surface area (Å²) >= 11 is 21.1. The van der Waals surface area contributed by atoms with Gasteiger partial charge in [-0.05, 0) is 51.9 Å². The number of benzene rings is 2. The van der Waals surface area contributed by atoms with Gasteiger partial charge in [0.25, 0.3) is 0 Å². The molecule has 2 heterocycles. The van der Waals surface area contributed by atoms with Crippen LogP contribution in [0.4, 0.5) is 16.0 Å². The first kappa shape index (κ1) is 22.7. The number of nitrogens with one attached hydrogen (secondary N) is 2. The normalized spacial score (nSPS) is 10.9. The number of thiocarbonyl (C=S) groups is 1. The number of hydrogen-bond acceptors (Lipinski definition) is 3. The van der Waals surface area contributed by atoms with E-state index in [0.717, 1.165) is 10.0 Å². The van der Waals surface area contributed by atoms with Crippen LogP contribution in [0, 0.1) is 5.82 Å². The van der Waals surface area contributed by atoms with E-state index in [1.165, 1.54) is 6.07 Å². The van der Waals surface area contributed by atoms with E-state index in [-0.39, 0.29) is 5.82 Å². The van der Waals surface area contributed by atoms with Crippen molar-refractivity contribution in [3.05, 3.63) is 92.4 Å². The minimum absolute atomic E-state index is 0.268. The number of hydrogen-bond donors (Lipinski definition) is 2. The standard InChI is InChI=1S/C21H16BrCl2FN6S/c22-16-12-31(10-13-5-6-15(23)9-17(13)24)29-20(16)27-21(32)26-19-7-8-30(28-19)11-14-3-1-2-4-18(14)25/h1-9,12H,10-11H2,(H2,26,27,28,29,32). The Labute approximate surface area is 207 Å². The van der Waals surface area contributed by atoms with Crippen LogP contribution in [0.5, 0.6) is 0 Å². The van der Waals surface area contributed by atoms with Crippen molar-refractivity contribution in [2.45, 2.75) is 13.1 Å². The predicted octanol–water partition coefficient (Wildman–Crippen LogP) is 6.19. The summed E-state index contributed by atoms with van der Waals surface area (Å²) in [6.07, 6.45) is 3.57. The molecule has 0 bridgehead atoms. The van der Waals surface area contributed by atoms with Gasteiger partial charge in [-0.2, -0.15) is 10.2 Å². The molecule has 0 saturated heterocycles. The zero-order valence-electron chi connectivity index (χ0n) is 16.4. The van der Waals surface area contributed by atoms with Crippen LogP contribution >= 0.6 is 51.3 Å². The van der Waals surface area contributed by atoms with E-state index in [1.54, 1.807) is 52.0 Å². The van der Waals surface area contributed by atoms with Gasteiger partial charge in [-0.15, -0.1) is 0 Å². The Morgan fingerprint density at radius 3 is 2.56 bits per heavy atom. The van der Waals surface area contributed by atoms with Crippen molar-refractivity contribution < 1.29 is 4.39 Å². The largest absolute Gasteiger partial charge is 0.316 e. The number of halogens is 4. The van der Waals surface area contributed by atoms with Gasteiger partial charge in [-0.1, -0.05) is 47.5 Å². The summed E-state index contributed by atoms with van der Waals surface area (Å²) in [4.78, 5) is 0. The van der Waals surface area contributed by atoms with Crippen LogP contribution < -0.4 is 10.6 Å². The summed E-state index contributed by atoms with van der Waals surface area (Å²) in [5.74, 6) is 0.802. The van der Waals surface area contributed by atoms with Crippen molar-refractivity contribution >= 4 is 68.1 Å². The van der Waals surface area contributed by atoms with Crippen molar-refractivity contribution in [1.29, 1.82) is 0 Å². The Balaban J connectivity index is 1.37. The van der Waals surface area contributed by atoms with Gasteiger partial charge in [0.05, 0.1) is 17.6 Å². The van der Waals surface area contributed by atoms with Crippen LogP contribution in [0.15, 0.2) is 65.4 Å². The van der Waals surface area contributed by atoms with Gasteiger partial charge in [-0.3, -0.25) is 9.36 Å². The van der Waals surface area contributed by atoms with Crippen molar-refractivity contribution in [2.75, 3.05) is 10.6 Å². The first-order valence-corrected chi connectivity index (χ1v) is 11.3. The average molecular weight is 554 g/mol. The molecule has 0 fully saturated rings. The molecule has 0 radical (unpaired) electrons. The van der Waals surface area contributed by atoms with Crippen LogP contribution in [0.25, 0.3) is 0 Å². The third kappa shape index (κ3) is 5.66. The van der Waals surface area contributed by atoms with E-state index >= 15 is 0 Å². The minimum Gasteiger partial charge on any atom is -0.316 e. The van der Waals surface area contributed by atoms with Crippen molar-refractivity contribution in [3.8, 4) is 0 Å². The van der Waals surface area contributed by atoms with E-state index < -0.39 is 0 Å². The van der Waals surface area contributed by atoms with Gasteiger partial charge in [-0.25, -0.2) is 4.39 Å². The topological polar surface area (TPSA) is 59.7 Å². The number of nitrogens with zero attached hydrogens (tertiary/aromatic N) is 4. The fraction of sp³-hybridized carbons (Fsp3) is 0.0952. The second kappa shape index (κ2) is 9.99. The molecule has 4 aromatic rings. The number of aromatic nitrogens is 4. The predicted molar refractivity (Wildman–Crippen MR) is 133 cm³/mol. The zero-order valence-corrected chi connectivity index (χ0v) is 20.3. The van der Waals surface area contributed by atoms with E-state index in [2.05, 4.69) is 36.8 Å². The van der Waals surface area contributed by atoms with E-state index in [0.29, 0.717) is 45.4 Å². The maximum atomic E-state index is 13.8. The molecule has 0 spiro atoms. The Hall–Kier alpha value is -2.46. The Bertz CT molecular complexity index is 1270. The molecule has 0 aliphatic carbocycles. The third-order valence-electron chi connectivity index (χ3n) is 4.47. The molecule has 0 saturated carbocycles. The molecule has 164 valence electrons. The average Bonchev–Trinajstić information content (AvgIpc) is 3.32. The third-order valence-corrected chi connectivity index (χ3v) is 5.84. The number of anilines is 2. The monoisotopic (exact) mass is 552 g/mol. The van der Waals surface area contributed by atoms with Gasteiger partial charge in [0.2, 0.25) is 0 Å². The van der Waals surface area contributed by atoms with Crippen molar-refractivity contribution in [1.82, 2.24) is 19.6 Å². The molecular weight excluding hydrogens is 538 g/mol. The molecule has 6 nitrogen and oxygen atoms in total. The smallest absolute Gasteiger partial charge is 0.177 e. The Morgan fingerprint density at radius 2 is 1.78 bits per heavy atom. The molecule has 2 N–H and O–H groups in total. The van der Waals surface area contributed by atoms with Gasteiger partial charge < -0.3 is 10.6 Å². The highest BCUT2D eigenvalue weighted by atomic mass is 79.9. The fourth-order valence-corrected chi connectivity index (χ4v) is 4.04. The lowest BCUT2D eigenvalue weighted by molar-refractivity contribution is 0.586. The van der Waals surface area contributed by atoms with Crippen LogP contribution in [0.1, 0.15) is 11.1 Å². The molecule has 0 aliphatic rings. The highest BCUT2D eigenvalue weighted by Crippen LogP contribution is 2.24. The molecule has 0 atom stereocenters. The van der Waals surface area contributed by atoms with Crippen molar-refractivity contribution in [3.63, 3.8) is 0 Å². The SMILES string of the molecule is Fc1ccccc1Cn1ccc(NC(=S)Nc2nn(Cc3ccc(Cl)cc3Cl)cc2Br)n1. The van der Waals surface area contributed by atoms with E-state index in [1.807, 2.05) is 12.3 Å². The molecule has 4 rings (SSSR count). The molecular formula is C21H16BrCl2FN6S. The Kier molecular flexibility index (Phi) is 7.10. The second-order valence-corrected chi connectivity index (χ2v) is 8.93. The molecule has 32 heavy (non-hydrogen) atoms. The van der Waals surface area contributed by atoms with E-state index in [9.17, 15) is 4.39 Å². The van der Waals surface area contributed by atoms with Crippen molar-refractivity contribution in [2.24, 2.45) is 0 Å². The van der Waals surface area contributed by atoms with Crippen LogP contribution in [0.3, 0.4) is 0 Å². The summed E-state index contributed by atoms with van der Waals surface area (Å²) < 4.78 is 17.9. The second-order valence-electron chi connectivity index (χ2n) is 6.83. The Morgan fingerprint density at radius 1 is 1.00 bits per heavy atom. The van der Waals surface area contributed by atoms with Crippen LogP contribution in [-0.2, 0) is 13.1 Å². The first-order valence-electron chi connectivity index (χ1n) is 9.39. The van der Waals surface area contributed by atoms with Gasteiger partial charge in [0.15, 0.2) is 16.7 Å². The summed E-state index contributed by atoms with van der Waals surface area (Å²) in [5, 5.41) is 16.4. The van der Waals surface area contributed by atoms with Gasteiger partial charge in [0.1, 0.15) is 5.82 Å². The first-order chi connectivity index (χ1) is 15.4. The highest BCUT2D eigenvalue weighted by Gasteiger charge is 2.11. The minimum atomic E-state index is -0.268. The highest BCUT2D eigenvalue weighted by molar-refractivity contribution is 9.10. The lowest BCUT2D eigenvalue weighted by atomic mass is 10.2. The molecule has 11 heteroatoms. The molecule has 2 aromatic carbocycles. The van der Waals surface area contributed by atoms with Crippen LogP contribution in [-0.4, -0.2) is 24.7 Å². The lowest BCUT2D eigenvalue weighted by Crippen LogP contribution is -2.20. The zero-order chi connectivity index (χ0) is 22.7. The molecule has 0 unspecified atom stereocenters. The molecule has 0 aliphatic heterocycles. The molecule has 0 amide bonds. The maximum absolute atomic E-state index is 13.8. The quantitative estimate of drug-likeness (QED) is 0.279. The summed E-state index contributed by atoms with van der Waals surface area (Å²) in [6.45, 7) is 0.786. The van der Waals surface area contributed by atoms with Crippen LogP contribution in [0.2, 0.25) is 10.0 Å². The fourth-order valence-electron chi connectivity index (χ4n) is 2.96. The summed E-state index contributed by atoms with van der Waals surface area (Å²) in [6, 6.07) is 13.7. The molecule has 2 aromatic heterocycles. The van der Waals surface area contributed by atoms with Gasteiger partial charge >= 0.3 is 0 Å². The number of rotatable bonds is 6. The lowest BCUT2D eigenvalue weighted by Gasteiger charge is -2.07. The maximum Gasteiger partial charge on any atom is 0.177 e. The van der Waals surface area contributed by atoms with Gasteiger partial charge in [0, 0.05) is 34.1 Å². The van der Waals surface area contributed by atoms with E-state index in [4.69, 9.17) is 35.4 Å². The summed E-state index contributed by atoms with van der Waals surface area (Å²) in [5.41, 5.74) is 1.44. The summed E-state index contributed by atoms with van der Waals surface area (Å²) in [7, 11) is 0.